The Morgan fingerprint density at radius 2 is 0.814 bits per heavy atom. The van der Waals surface area contributed by atoms with Crippen molar-refractivity contribution in [2.45, 2.75) is 27.7 Å². The van der Waals surface area contributed by atoms with Crippen LogP contribution in [0, 0.1) is 27.7 Å². The van der Waals surface area contributed by atoms with E-state index >= 15 is 0 Å². The van der Waals surface area contributed by atoms with E-state index in [2.05, 4.69) is 77.1 Å². The first kappa shape index (κ1) is 35.3. The van der Waals surface area contributed by atoms with Gasteiger partial charge in [-0.05, 0) is 12.1 Å². The van der Waals surface area contributed by atoms with Gasteiger partial charge in [0.15, 0.2) is 0 Å². The maximum atomic E-state index is 12.4. The van der Waals surface area contributed by atoms with E-state index in [4.69, 9.17) is 0 Å². The first-order valence-corrected chi connectivity index (χ1v) is 14.1. The van der Waals surface area contributed by atoms with E-state index in [-0.39, 0.29) is 47.8 Å². The maximum Gasteiger partial charge on any atom is 0.211 e. The van der Waals surface area contributed by atoms with Crippen molar-refractivity contribution in [2.75, 3.05) is 0 Å². The number of carbonyl (C=O) groups excluding carboxylic acids is 2. The van der Waals surface area contributed by atoms with Crippen LogP contribution in [0.15, 0.2) is 123 Å². The van der Waals surface area contributed by atoms with Gasteiger partial charge in [-0.25, -0.2) is 4.98 Å². The standard InChI is InChI=1S/C19H13NO2.2C8H9N.2ClH.Co/c21-18(14-8-3-1-4-9-14)16-12-7-13-17(20-16)19(22)15-10-5-2-6-11-15;2*1-6-4-3-5-7(2)8(6)9;;;/h1-13H;2*3-5H,1-2H3;2*1H;. The van der Waals surface area contributed by atoms with Crippen molar-refractivity contribution < 1.29 is 23.9 Å². The number of ketones is 2. The second kappa shape index (κ2) is 17.2. The summed E-state index contributed by atoms with van der Waals surface area (Å²) in [4.78, 5) is 29.0. The van der Waals surface area contributed by atoms with Gasteiger partial charge in [0.1, 0.15) is 11.4 Å². The number of halogens is 2. The number of hydrogen-bond acceptors (Lipinski definition) is 5. The van der Waals surface area contributed by atoms with Crippen molar-refractivity contribution in [2.24, 2.45) is 7.99 Å². The molecule has 0 spiro atoms. The Bertz CT molecular complexity index is 1590. The molecule has 0 saturated carbocycles. The van der Waals surface area contributed by atoms with Crippen LogP contribution in [0.4, 0.5) is 11.4 Å². The second-order valence-electron chi connectivity index (χ2n) is 9.49. The van der Waals surface area contributed by atoms with Crippen molar-refractivity contribution >= 4 is 47.8 Å². The summed E-state index contributed by atoms with van der Waals surface area (Å²) in [6.07, 6.45) is 0. The fraction of sp³-hybridized carbons (Fsp3) is 0.114. The van der Waals surface area contributed by atoms with Crippen LogP contribution in [0.1, 0.15) is 54.4 Å². The van der Waals surface area contributed by atoms with Crippen LogP contribution in [0.5, 0.6) is 0 Å². The molecule has 1 heterocycles. The van der Waals surface area contributed by atoms with Gasteiger partial charge in [-0.15, -0.1) is 24.8 Å². The van der Waals surface area contributed by atoms with Crippen LogP contribution >= 0.6 is 24.8 Å². The van der Waals surface area contributed by atoms with E-state index in [1.165, 1.54) is 22.3 Å². The molecule has 1 aromatic heterocycles. The minimum absolute atomic E-state index is 0. The average Bonchev–Trinajstić information content (AvgIpc) is 3.00. The Labute approximate surface area is 271 Å². The van der Waals surface area contributed by atoms with Crippen molar-refractivity contribution in [3.8, 4) is 0 Å². The Morgan fingerprint density at radius 3 is 1.16 bits per heavy atom. The molecule has 5 rings (SSSR count). The molecular weight excluding hydrogens is 624 g/mol. The smallest absolute Gasteiger partial charge is 0.211 e. The molecule has 0 unspecified atom stereocenters. The van der Waals surface area contributed by atoms with Crippen LogP contribution in [-0.4, -0.2) is 16.6 Å². The van der Waals surface area contributed by atoms with Gasteiger partial charge in [0, 0.05) is 11.1 Å². The predicted molar refractivity (Wildman–Crippen MR) is 174 cm³/mol. The van der Waals surface area contributed by atoms with Gasteiger partial charge in [0.2, 0.25) is 11.6 Å². The Hall–Kier alpha value is -3.94. The molecule has 43 heavy (non-hydrogen) atoms. The third-order valence-corrected chi connectivity index (χ3v) is 7.05. The number of rotatable bonds is 6. The van der Waals surface area contributed by atoms with Gasteiger partial charge in [-0.1, -0.05) is 66.7 Å². The van der Waals surface area contributed by atoms with Gasteiger partial charge >= 0.3 is 120 Å². The minimum Gasteiger partial charge on any atom is -0.287 e. The van der Waals surface area contributed by atoms with Crippen LogP contribution in [0.3, 0.4) is 0 Å². The van der Waals surface area contributed by atoms with E-state index in [1.54, 1.807) is 66.7 Å². The first-order chi connectivity index (χ1) is 19.8. The summed E-state index contributed by atoms with van der Waals surface area (Å²) in [6, 6.07) is 35.2. The Morgan fingerprint density at radius 1 is 0.488 bits per heavy atom. The zero-order valence-corrected chi connectivity index (χ0v) is 27.0. The van der Waals surface area contributed by atoms with Gasteiger partial charge in [-0.3, -0.25) is 9.59 Å². The monoisotopic (exact) mass is 656 g/mol. The average molecular weight is 658 g/mol. The molecule has 0 atom stereocenters. The summed E-state index contributed by atoms with van der Waals surface area (Å²) in [5, 5.41) is 0. The molecule has 5 aromatic rings. The molecule has 0 bridgehead atoms. The van der Waals surface area contributed by atoms with E-state index in [0.717, 1.165) is 25.7 Å². The number of aromatic nitrogens is 1. The van der Waals surface area contributed by atoms with Gasteiger partial charge < -0.3 is 0 Å². The first-order valence-electron chi connectivity index (χ1n) is 13.2. The third-order valence-electron chi connectivity index (χ3n) is 6.38. The molecular formula is C35H33Cl2CoN3O2. The van der Waals surface area contributed by atoms with E-state index < -0.39 is 0 Å². The van der Waals surface area contributed by atoms with Crippen LogP contribution in [-0.2, 0) is 14.3 Å². The van der Waals surface area contributed by atoms with Crippen molar-refractivity contribution in [3.05, 3.63) is 160 Å². The molecule has 0 radical (unpaired) electrons. The second-order valence-corrected chi connectivity index (χ2v) is 10.2. The van der Waals surface area contributed by atoms with Gasteiger partial charge in [0.05, 0.1) is 0 Å². The third kappa shape index (κ3) is 9.53. The van der Waals surface area contributed by atoms with Gasteiger partial charge in [-0.2, -0.15) is 0 Å². The van der Waals surface area contributed by atoms with E-state index in [9.17, 15) is 9.59 Å². The normalized spacial score (nSPS) is 9.77. The van der Waals surface area contributed by atoms with Crippen LogP contribution in [0.2, 0.25) is 0 Å². The molecule has 0 amide bonds. The van der Waals surface area contributed by atoms with Crippen LogP contribution in [0.25, 0.3) is 0 Å². The molecule has 0 aliphatic carbocycles. The quantitative estimate of drug-likeness (QED) is 0.171. The van der Waals surface area contributed by atoms with Gasteiger partial charge in [0.25, 0.3) is 0 Å². The Balaban J connectivity index is 0.000000290. The molecule has 5 nitrogen and oxygen atoms in total. The van der Waals surface area contributed by atoms with E-state index in [0.29, 0.717) is 11.1 Å². The number of nitrogens with zero attached hydrogens (tertiary/aromatic N) is 3. The molecule has 4 aromatic carbocycles. The fourth-order valence-electron chi connectivity index (χ4n) is 4.09. The summed E-state index contributed by atoms with van der Waals surface area (Å²) in [7, 11) is 0. The molecule has 223 valence electrons. The number of benzene rings is 4. The zero-order chi connectivity index (χ0) is 29.2. The predicted octanol–water partition coefficient (Wildman–Crippen LogP) is 9.72. The number of carbonyl (C=O) groups is 2. The van der Waals surface area contributed by atoms with Crippen LogP contribution < -0.4 is 0 Å². The molecule has 8 heteroatoms. The fourth-order valence-corrected chi connectivity index (χ4v) is 5.09. The van der Waals surface area contributed by atoms with E-state index in [1.807, 2.05) is 12.1 Å². The Kier molecular flexibility index (Phi) is 14.1. The summed E-state index contributed by atoms with van der Waals surface area (Å²) in [6.45, 7) is 8.33. The van der Waals surface area contributed by atoms with Crippen molar-refractivity contribution in [1.29, 1.82) is 0 Å². The summed E-state index contributed by atoms with van der Waals surface area (Å²) in [5.74, 6) is -0.383. The van der Waals surface area contributed by atoms with Crippen molar-refractivity contribution in [3.63, 3.8) is 0 Å². The zero-order valence-electron chi connectivity index (χ0n) is 24.3. The largest absolute Gasteiger partial charge is 0.287 e. The SMILES string of the molecule is Cc1cccc(C)c1[N]=[Co]=[N]c1c(C)cccc1C.Cl.Cl.O=C(c1ccccc1)c1cccc(C(=O)c2ccccc2)n1. The molecule has 0 N–H and O–H groups in total. The number of aryl methyl sites for hydroxylation is 4. The molecule has 0 aliphatic heterocycles. The molecule has 0 aliphatic rings. The number of pyridine rings is 1. The molecule has 0 saturated heterocycles. The van der Waals surface area contributed by atoms with Crippen molar-refractivity contribution in [1.82, 2.24) is 4.98 Å². The maximum absolute atomic E-state index is 12.4. The topological polar surface area (TPSA) is 71.8 Å². The number of hydrogen-bond donors (Lipinski definition) is 0. The summed E-state index contributed by atoms with van der Waals surface area (Å²) < 4.78 is 9.17. The minimum atomic E-state index is -0.191. The summed E-state index contributed by atoms with van der Waals surface area (Å²) >= 11 is 0.777. The summed E-state index contributed by atoms with van der Waals surface area (Å²) in [5.41, 5.74) is 8.55. The molecule has 0 fully saturated rings.